The summed E-state index contributed by atoms with van der Waals surface area (Å²) in [5.74, 6) is -0.173. The first-order chi connectivity index (χ1) is 17.4. The average molecular weight is 516 g/mol. The van der Waals surface area contributed by atoms with E-state index in [1.54, 1.807) is 31.3 Å². The Morgan fingerprint density at radius 3 is 2.44 bits per heavy atom. The maximum absolute atomic E-state index is 13.2. The number of piperidine rings is 1. The van der Waals surface area contributed by atoms with Crippen molar-refractivity contribution in [3.8, 4) is 0 Å². The minimum Gasteiger partial charge on any atom is -0.469 e. The van der Waals surface area contributed by atoms with E-state index in [9.17, 15) is 13.2 Å². The number of nitrogens with one attached hydrogen (secondary N) is 1. The standard InChI is InChI=1S/C28H41N3O4S/c1-4-5-18-29-27-21-24(28(32)35-3)16-19-31(27)20-17-25(23-12-8-6-9-13-23)22-30(2)36(33,34)26-14-10-7-11-15-26/h6-15,24-25,27,29H,4-5,16-22H2,1-3H3. The molecular weight excluding hydrogens is 474 g/mol. The number of likely N-dealkylation sites (N-methyl/N-ethyl adjacent to an activating group) is 1. The summed E-state index contributed by atoms with van der Waals surface area (Å²) >= 11 is 0. The van der Waals surface area contributed by atoms with Gasteiger partial charge in [-0.15, -0.1) is 0 Å². The predicted molar refractivity (Wildman–Crippen MR) is 143 cm³/mol. The van der Waals surface area contributed by atoms with Crippen LogP contribution in [0.4, 0.5) is 0 Å². The molecular formula is C28H41N3O4S. The number of benzene rings is 2. The lowest BCUT2D eigenvalue weighted by atomic mass is 9.92. The van der Waals surface area contributed by atoms with Gasteiger partial charge in [0, 0.05) is 26.7 Å². The van der Waals surface area contributed by atoms with Gasteiger partial charge in [-0.25, -0.2) is 12.7 Å². The van der Waals surface area contributed by atoms with Gasteiger partial charge >= 0.3 is 5.97 Å². The SMILES string of the molecule is CCCCNC1CC(C(=O)OC)CCN1CCC(CN(C)S(=O)(=O)c1ccccc1)c1ccccc1. The molecule has 0 radical (unpaired) electrons. The Bertz CT molecular complexity index is 1030. The van der Waals surface area contributed by atoms with Crippen LogP contribution in [-0.2, 0) is 19.6 Å². The smallest absolute Gasteiger partial charge is 0.308 e. The van der Waals surface area contributed by atoms with Crippen LogP contribution in [-0.4, -0.2) is 70.1 Å². The molecule has 2 aromatic carbocycles. The zero-order valence-electron chi connectivity index (χ0n) is 21.8. The van der Waals surface area contributed by atoms with E-state index >= 15 is 0 Å². The minimum atomic E-state index is -3.57. The molecule has 198 valence electrons. The quantitative estimate of drug-likeness (QED) is 0.320. The lowest BCUT2D eigenvalue weighted by Crippen LogP contribution is -2.52. The van der Waals surface area contributed by atoms with Crippen LogP contribution in [0.3, 0.4) is 0 Å². The molecule has 0 spiro atoms. The number of hydrogen-bond acceptors (Lipinski definition) is 6. The topological polar surface area (TPSA) is 79.0 Å². The summed E-state index contributed by atoms with van der Waals surface area (Å²) in [4.78, 5) is 14.9. The monoisotopic (exact) mass is 515 g/mol. The zero-order chi connectivity index (χ0) is 26.0. The molecule has 1 N–H and O–H groups in total. The summed E-state index contributed by atoms with van der Waals surface area (Å²) < 4.78 is 32.9. The fourth-order valence-corrected chi connectivity index (χ4v) is 6.15. The number of sulfonamides is 1. The Balaban J connectivity index is 1.72. The highest BCUT2D eigenvalue weighted by Crippen LogP contribution is 2.27. The highest BCUT2D eigenvalue weighted by molar-refractivity contribution is 7.89. The first-order valence-electron chi connectivity index (χ1n) is 13.0. The summed E-state index contributed by atoms with van der Waals surface area (Å²) in [5.41, 5.74) is 1.13. The number of esters is 1. The first-order valence-corrected chi connectivity index (χ1v) is 14.4. The number of unbranched alkanes of at least 4 members (excludes halogenated alkanes) is 1. The number of hydrogen-bond donors (Lipinski definition) is 1. The molecule has 0 aliphatic carbocycles. The Labute approximate surface area is 216 Å². The second-order valence-corrected chi connectivity index (χ2v) is 11.6. The van der Waals surface area contributed by atoms with Gasteiger partial charge in [0.25, 0.3) is 0 Å². The molecule has 0 amide bonds. The van der Waals surface area contributed by atoms with E-state index in [-0.39, 0.29) is 24.0 Å². The molecule has 1 saturated heterocycles. The summed E-state index contributed by atoms with van der Waals surface area (Å²) in [7, 11) is -0.456. The number of methoxy groups -OCH3 is 1. The summed E-state index contributed by atoms with van der Waals surface area (Å²) in [6.07, 6.45) is 4.62. The van der Waals surface area contributed by atoms with E-state index < -0.39 is 10.0 Å². The normalized spacial score (nSPS) is 19.8. The fourth-order valence-electron chi connectivity index (χ4n) is 4.91. The fraction of sp³-hybridized carbons (Fsp3) is 0.536. The maximum Gasteiger partial charge on any atom is 0.308 e. The van der Waals surface area contributed by atoms with E-state index in [1.807, 2.05) is 24.3 Å². The number of carbonyl (C=O) groups excluding carboxylic acids is 1. The van der Waals surface area contributed by atoms with Crippen LogP contribution in [0.25, 0.3) is 0 Å². The number of nitrogens with zero attached hydrogens (tertiary/aromatic N) is 2. The molecule has 36 heavy (non-hydrogen) atoms. The maximum atomic E-state index is 13.2. The highest BCUT2D eigenvalue weighted by Gasteiger charge is 2.33. The van der Waals surface area contributed by atoms with Crippen molar-refractivity contribution in [1.82, 2.24) is 14.5 Å². The van der Waals surface area contributed by atoms with E-state index in [0.717, 1.165) is 57.3 Å². The van der Waals surface area contributed by atoms with Gasteiger partial charge in [0.2, 0.25) is 10.0 Å². The van der Waals surface area contributed by atoms with Crippen LogP contribution >= 0.6 is 0 Å². The summed E-state index contributed by atoms with van der Waals surface area (Å²) in [6.45, 7) is 5.10. The van der Waals surface area contributed by atoms with Gasteiger partial charge < -0.3 is 10.1 Å². The van der Waals surface area contributed by atoms with Crippen LogP contribution in [0, 0.1) is 5.92 Å². The Kier molecular flexibility index (Phi) is 10.9. The van der Waals surface area contributed by atoms with Crippen molar-refractivity contribution in [2.75, 3.05) is 40.3 Å². The third-order valence-corrected chi connectivity index (χ3v) is 8.96. The van der Waals surface area contributed by atoms with Gasteiger partial charge in [-0.1, -0.05) is 61.9 Å². The van der Waals surface area contributed by atoms with Crippen molar-refractivity contribution in [3.63, 3.8) is 0 Å². The first kappa shape index (κ1) is 28.3. The number of ether oxygens (including phenoxy) is 1. The molecule has 3 rings (SSSR count). The summed E-state index contributed by atoms with van der Waals surface area (Å²) in [6, 6.07) is 18.7. The molecule has 8 heteroatoms. The van der Waals surface area contributed by atoms with Gasteiger partial charge in [0.15, 0.2) is 0 Å². The van der Waals surface area contributed by atoms with Gasteiger partial charge in [0.05, 0.1) is 24.1 Å². The van der Waals surface area contributed by atoms with Gasteiger partial charge in [-0.05, 0) is 55.8 Å². The van der Waals surface area contributed by atoms with Gasteiger partial charge in [0.1, 0.15) is 0 Å². The van der Waals surface area contributed by atoms with E-state index in [1.165, 1.54) is 11.4 Å². The van der Waals surface area contributed by atoms with Crippen LogP contribution in [0.2, 0.25) is 0 Å². The van der Waals surface area contributed by atoms with Crippen LogP contribution in [0.15, 0.2) is 65.6 Å². The second-order valence-electron chi connectivity index (χ2n) is 9.60. The van der Waals surface area contributed by atoms with Crippen LogP contribution < -0.4 is 5.32 Å². The molecule has 1 aliphatic heterocycles. The lowest BCUT2D eigenvalue weighted by molar-refractivity contribution is -0.148. The number of rotatable bonds is 13. The summed E-state index contributed by atoms with van der Waals surface area (Å²) in [5, 5.41) is 3.64. The van der Waals surface area contributed by atoms with Crippen molar-refractivity contribution in [2.45, 2.75) is 56.0 Å². The molecule has 0 saturated carbocycles. The Morgan fingerprint density at radius 1 is 1.14 bits per heavy atom. The van der Waals surface area contributed by atoms with Crippen molar-refractivity contribution < 1.29 is 17.9 Å². The number of carbonyl (C=O) groups is 1. The molecule has 2 aromatic rings. The van der Waals surface area contributed by atoms with Crippen molar-refractivity contribution in [1.29, 1.82) is 0 Å². The van der Waals surface area contributed by atoms with Gasteiger partial charge in [-0.3, -0.25) is 9.69 Å². The Morgan fingerprint density at radius 2 is 1.81 bits per heavy atom. The van der Waals surface area contributed by atoms with Crippen LogP contribution in [0.1, 0.15) is 50.5 Å². The lowest BCUT2D eigenvalue weighted by Gasteiger charge is -2.40. The van der Waals surface area contributed by atoms with E-state index in [0.29, 0.717) is 11.4 Å². The zero-order valence-corrected chi connectivity index (χ0v) is 22.6. The average Bonchev–Trinajstić information content (AvgIpc) is 2.91. The minimum absolute atomic E-state index is 0.0457. The largest absolute Gasteiger partial charge is 0.469 e. The molecule has 1 aliphatic rings. The highest BCUT2D eigenvalue weighted by atomic mass is 32.2. The van der Waals surface area contributed by atoms with Crippen molar-refractivity contribution in [3.05, 3.63) is 66.2 Å². The molecule has 1 fully saturated rings. The molecule has 0 bridgehead atoms. The molecule has 7 nitrogen and oxygen atoms in total. The molecule has 0 aromatic heterocycles. The predicted octanol–water partition coefficient (Wildman–Crippen LogP) is 4.08. The second kappa shape index (κ2) is 13.9. The third-order valence-electron chi connectivity index (χ3n) is 7.12. The van der Waals surface area contributed by atoms with Crippen molar-refractivity contribution in [2.24, 2.45) is 5.92 Å². The van der Waals surface area contributed by atoms with Gasteiger partial charge in [-0.2, -0.15) is 0 Å². The Hall–Kier alpha value is -2.26. The van der Waals surface area contributed by atoms with E-state index in [4.69, 9.17) is 4.74 Å². The van der Waals surface area contributed by atoms with Crippen molar-refractivity contribution >= 4 is 16.0 Å². The molecule has 1 heterocycles. The third kappa shape index (κ3) is 7.62. The molecule has 3 unspecified atom stereocenters. The molecule has 3 atom stereocenters. The number of likely N-dealkylation sites (tertiary alicyclic amines) is 1. The van der Waals surface area contributed by atoms with E-state index in [2.05, 4.69) is 29.3 Å². The van der Waals surface area contributed by atoms with Crippen LogP contribution in [0.5, 0.6) is 0 Å².